The smallest absolute Gasteiger partial charge is 0.383 e. The van der Waals surface area contributed by atoms with Gasteiger partial charge >= 0.3 is 6.18 Å². The van der Waals surface area contributed by atoms with Gasteiger partial charge in [0, 0.05) is 29.2 Å². The quantitative estimate of drug-likeness (QED) is 0.836. The van der Waals surface area contributed by atoms with Crippen molar-refractivity contribution in [3.63, 3.8) is 0 Å². The summed E-state index contributed by atoms with van der Waals surface area (Å²) < 4.78 is 40.2. The molecule has 8 heteroatoms. The molecule has 1 unspecified atom stereocenters. The third-order valence-electron chi connectivity index (χ3n) is 3.95. The molecule has 0 bridgehead atoms. The van der Waals surface area contributed by atoms with Gasteiger partial charge in [-0.1, -0.05) is 6.07 Å². The molecule has 1 atom stereocenters. The number of amides is 1. The lowest BCUT2D eigenvalue weighted by Crippen LogP contribution is -2.32. The summed E-state index contributed by atoms with van der Waals surface area (Å²) in [5.74, 6) is -1.08. The minimum absolute atomic E-state index is 0.102. The average Bonchev–Trinajstić information content (AvgIpc) is 2.72. The molecule has 1 aromatic heterocycles. The third kappa shape index (κ3) is 1.94. The molecule has 3 rings (SSSR count). The zero-order chi connectivity index (χ0) is 16.2. The first-order valence-corrected chi connectivity index (χ1v) is 6.51. The van der Waals surface area contributed by atoms with Crippen LogP contribution in [0.1, 0.15) is 22.7 Å². The second kappa shape index (κ2) is 4.49. The Morgan fingerprint density at radius 1 is 1.41 bits per heavy atom. The van der Waals surface area contributed by atoms with Crippen LogP contribution >= 0.6 is 0 Å². The molecule has 0 aliphatic carbocycles. The summed E-state index contributed by atoms with van der Waals surface area (Å²) in [6, 6.07) is 3.38. The van der Waals surface area contributed by atoms with Crippen molar-refractivity contribution >= 4 is 22.6 Å². The number of rotatable bonds is 1. The molecular formula is C14H13F3N4O. The minimum Gasteiger partial charge on any atom is -0.383 e. The summed E-state index contributed by atoms with van der Waals surface area (Å²) in [6.45, 7) is 0.102. The predicted octanol–water partition coefficient (Wildman–Crippen LogP) is 1.48. The summed E-state index contributed by atoms with van der Waals surface area (Å²) in [4.78, 5) is 15.7. The van der Waals surface area contributed by atoms with E-state index in [1.54, 1.807) is 7.05 Å². The number of nitrogens with two attached hydrogens (primary N) is 2. The number of aliphatic imine (C=N–C) groups is 1. The highest BCUT2D eigenvalue weighted by atomic mass is 19.4. The van der Waals surface area contributed by atoms with Crippen LogP contribution in [-0.2, 0) is 18.0 Å². The van der Waals surface area contributed by atoms with Gasteiger partial charge in [0.05, 0.1) is 18.0 Å². The Morgan fingerprint density at radius 3 is 2.68 bits per heavy atom. The monoisotopic (exact) mass is 310 g/mol. The number of hydrogen-bond donors (Lipinski definition) is 2. The molecule has 4 N–H and O–H groups in total. The first-order chi connectivity index (χ1) is 10.2. The number of hydrogen-bond acceptors (Lipinski definition) is 3. The molecule has 0 spiro atoms. The van der Waals surface area contributed by atoms with Gasteiger partial charge in [-0.15, -0.1) is 0 Å². The van der Waals surface area contributed by atoms with E-state index in [-0.39, 0.29) is 12.4 Å². The molecule has 5 nitrogen and oxygen atoms in total. The molecule has 2 heterocycles. The van der Waals surface area contributed by atoms with E-state index in [0.29, 0.717) is 22.2 Å². The Kier molecular flexibility index (Phi) is 2.95. The second-order valence-corrected chi connectivity index (χ2v) is 5.23. The van der Waals surface area contributed by atoms with Crippen LogP contribution in [0, 0.1) is 0 Å². The van der Waals surface area contributed by atoms with E-state index in [4.69, 9.17) is 11.5 Å². The van der Waals surface area contributed by atoms with Crippen LogP contribution in [0.4, 0.5) is 13.2 Å². The van der Waals surface area contributed by atoms with Gasteiger partial charge in [-0.3, -0.25) is 9.79 Å². The maximum atomic E-state index is 12.9. The number of amidine groups is 1. The fourth-order valence-corrected chi connectivity index (χ4v) is 2.89. The van der Waals surface area contributed by atoms with Crippen molar-refractivity contribution in [2.75, 3.05) is 6.54 Å². The van der Waals surface area contributed by atoms with Crippen LogP contribution in [0.2, 0.25) is 0 Å². The van der Waals surface area contributed by atoms with E-state index in [2.05, 4.69) is 4.99 Å². The summed E-state index contributed by atoms with van der Waals surface area (Å²) in [5.41, 5.74) is 11.8. The van der Waals surface area contributed by atoms with E-state index in [1.165, 1.54) is 10.6 Å². The first-order valence-electron chi connectivity index (χ1n) is 6.51. The number of carbonyl (C=O) groups is 1. The lowest BCUT2D eigenvalue weighted by molar-refractivity contribution is -0.137. The van der Waals surface area contributed by atoms with Crippen molar-refractivity contribution < 1.29 is 18.0 Å². The van der Waals surface area contributed by atoms with E-state index in [0.717, 1.165) is 12.1 Å². The van der Waals surface area contributed by atoms with Crippen LogP contribution in [0.25, 0.3) is 10.9 Å². The zero-order valence-electron chi connectivity index (χ0n) is 11.6. The second-order valence-electron chi connectivity index (χ2n) is 5.23. The van der Waals surface area contributed by atoms with Crippen LogP contribution < -0.4 is 11.5 Å². The molecule has 1 aliphatic heterocycles. The molecule has 1 aliphatic rings. The summed E-state index contributed by atoms with van der Waals surface area (Å²) in [7, 11) is 1.59. The zero-order valence-corrected chi connectivity index (χ0v) is 11.6. The molecule has 116 valence electrons. The molecule has 1 amide bonds. The summed E-state index contributed by atoms with van der Waals surface area (Å²) in [6.07, 6.45) is -4.44. The summed E-state index contributed by atoms with van der Waals surface area (Å²) >= 11 is 0. The van der Waals surface area contributed by atoms with Gasteiger partial charge in [0.2, 0.25) is 5.91 Å². The van der Waals surface area contributed by atoms with E-state index >= 15 is 0 Å². The van der Waals surface area contributed by atoms with Crippen molar-refractivity contribution in [3.8, 4) is 0 Å². The summed E-state index contributed by atoms with van der Waals surface area (Å²) in [5, 5.41) is 0.526. The topological polar surface area (TPSA) is 86.4 Å². The Hall–Kier alpha value is -2.51. The molecule has 0 saturated heterocycles. The molecule has 0 radical (unpaired) electrons. The van der Waals surface area contributed by atoms with Crippen molar-refractivity contribution in [1.29, 1.82) is 0 Å². The maximum absolute atomic E-state index is 12.9. The van der Waals surface area contributed by atoms with Gasteiger partial charge < -0.3 is 16.0 Å². The number of aryl methyl sites for hydroxylation is 1. The molecule has 0 saturated carbocycles. The van der Waals surface area contributed by atoms with E-state index in [9.17, 15) is 18.0 Å². The number of carbonyl (C=O) groups excluding carboxylic acids is 1. The van der Waals surface area contributed by atoms with E-state index in [1.807, 2.05) is 0 Å². The number of aromatic nitrogens is 1. The van der Waals surface area contributed by atoms with Crippen molar-refractivity contribution in [1.82, 2.24) is 4.57 Å². The van der Waals surface area contributed by atoms with Gasteiger partial charge in [-0.25, -0.2) is 0 Å². The Morgan fingerprint density at radius 2 is 2.09 bits per heavy atom. The Labute approximate surface area is 123 Å². The largest absolute Gasteiger partial charge is 0.416 e. The number of benzene rings is 1. The van der Waals surface area contributed by atoms with Gasteiger partial charge in [0.15, 0.2) is 0 Å². The van der Waals surface area contributed by atoms with Gasteiger partial charge in [0.25, 0.3) is 0 Å². The highest BCUT2D eigenvalue weighted by molar-refractivity contribution is 6.12. The normalized spacial score (nSPS) is 18.2. The van der Waals surface area contributed by atoms with Crippen LogP contribution in [-0.4, -0.2) is 22.9 Å². The molecule has 22 heavy (non-hydrogen) atoms. The molecule has 2 aromatic rings. The fraction of sp³-hybridized carbons (Fsp3) is 0.286. The predicted molar refractivity (Wildman–Crippen MR) is 75.4 cm³/mol. The van der Waals surface area contributed by atoms with Crippen LogP contribution in [0.3, 0.4) is 0 Å². The van der Waals surface area contributed by atoms with Crippen LogP contribution in [0.5, 0.6) is 0 Å². The Balaban J connectivity index is 2.34. The lowest BCUT2D eigenvalue weighted by atomic mass is 9.96. The number of halogens is 3. The highest BCUT2D eigenvalue weighted by Crippen LogP contribution is 2.37. The lowest BCUT2D eigenvalue weighted by Gasteiger charge is -2.19. The molecular weight excluding hydrogens is 297 g/mol. The minimum atomic E-state index is -4.44. The number of alkyl halides is 3. The first kappa shape index (κ1) is 14.4. The van der Waals surface area contributed by atoms with Crippen molar-refractivity contribution in [2.24, 2.45) is 23.5 Å². The van der Waals surface area contributed by atoms with Gasteiger partial charge in [-0.2, -0.15) is 13.2 Å². The van der Waals surface area contributed by atoms with Crippen LogP contribution in [0.15, 0.2) is 23.2 Å². The molecule has 0 fully saturated rings. The van der Waals surface area contributed by atoms with E-state index < -0.39 is 23.6 Å². The van der Waals surface area contributed by atoms with Gasteiger partial charge in [-0.05, 0) is 12.1 Å². The Bertz CT molecular complexity index is 820. The average molecular weight is 310 g/mol. The standard InChI is InChI=1S/C14H13F3N4O/c1-21-9-4-6(14(15,16)17)2-3-7(9)10-11(21)8(13(19)22)5-20-12(10)18/h2-4,8H,5H2,1H3,(H2,18,20)(H2,19,22). The SMILES string of the molecule is Cn1c2c(c3ccc(C(F)(F)F)cc31)C(N)=NCC2C(N)=O. The van der Waals surface area contributed by atoms with Crippen molar-refractivity contribution in [3.05, 3.63) is 35.0 Å². The van der Waals surface area contributed by atoms with Crippen molar-refractivity contribution in [2.45, 2.75) is 12.1 Å². The van der Waals surface area contributed by atoms with Gasteiger partial charge in [0.1, 0.15) is 5.84 Å². The molecule has 1 aromatic carbocycles. The third-order valence-corrected chi connectivity index (χ3v) is 3.95. The fourth-order valence-electron chi connectivity index (χ4n) is 2.89. The highest BCUT2D eigenvalue weighted by Gasteiger charge is 2.34. The number of primary amides is 1. The maximum Gasteiger partial charge on any atom is 0.416 e. The number of nitrogens with zero attached hydrogens (tertiary/aromatic N) is 2. The number of fused-ring (bicyclic) bond motifs is 3.